The van der Waals surface area contributed by atoms with E-state index in [0.717, 1.165) is 5.69 Å². The number of carbonyl (C=O) groups is 2. The van der Waals surface area contributed by atoms with Gasteiger partial charge in [-0.05, 0) is 30.3 Å². The molecule has 1 heterocycles. The maximum atomic E-state index is 12.4. The maximum absolute atomic E-state index is 12.4. The fourth-order valence-electron chi connectivity index (χ4n) is 3.04. The summed E-state index contributed by atoms with van der Waals surface area (Å²) in [5.41, 5.74) is 1.45. The van der Waals surface area contributed by atoms with E-state index in [1.54, 1.807) is 36.3 Å². The third-order valence-electron chi connectivity index (χ3n) is 4.56. The number of ether oxygens (including phenoxy) is 1. The smallest absolute Gasteiger partial charge is 0.251 e. The maximum Gasteiger partial charge on any atom is 0.251 e. The van der Waals surface area contributed by atoms with Gasteiger partial charge in [-0.15, -0.1) is 0 Å². The lowest BCUT2D eigenvalue weighted by molar-refractivity contribution is -0.130. The fraction of sp³-hybridized carbons (Fsp3) is 0.300. The van der Waals surface area contributed by atoms with Gasteiger partial charge in [0, 0.05) is 31.7 Å². The molecule has 1 aliphatic rings. The van der Waals surface area contributed by atoms with Crippen LogP contribution in [0.1, 0.15) is 10.4 Å². The molecule has 1 N–H and O–H groups in total. The minimum Gasteiger partial charge on any atom is -0.497 e. The van der Waals surface area contributed by atoms with Gasteiger partial charge in [0.15, 0.2) is 0 Å². The number of piperazine rings is 1. The third-order valence-corrected chi connectivity index (χ3v) is 4.88. The predicted molar refractivity (Wildman–Crippen MR) is 106 cm³/mol. The molecule has 0 atom stereocenters. The number of methoxy groups -OCH3 is 1. The van der Waals surface area contributed by atoms with Crippen molar-refractivity contribution < 1.29 is 14.3 Å². The van der Waals surface area contributed by atoms with Crippen LogP contribution in [0.2, 0.25) is 5.02 Å². The molecule has 0 radical (unpaired) electrons. The molecule has 0 spiro atoms. The summed E-state index contributed by atoms with van der Waals surface area (Å²) in [6.45, 7) is 2.58. The summed E-state index contributed by atoms with van der Waals surface area (Å²) < 4.78 is 5.11. The van der Waals surface area contributed by atoms with Crippen LogP contribution in [0.25, 0.3) is 0 Å². The minimum absolute atomic E-state index is 0.0257. The Kier molecular flexibility index (Phi) is 6.19. The Labute approximate surface area is 163 Å². The van der Waals surface area contributed by atoms with Gasteiger partial charge in [-0.3, -0.25) is 9.59 Å². The predicted octanol–water partition coefficient (Wildman–Crippen LogP) is 2.43. The van der Waals surface area contributed by atoms with Crippen molar-refractivity contribution >= 4 is 29.1 Å². The molecular formula is C20H22ClN3O3. The number of anilines is 1. The molecule has 142 valence electrons. The molecule has 6 nitrogen and oxygen atoms in total. The lowest BCUT2D eigenvalue weighted by Gasteiger charge is -2.36. The van der Waals surface area contributed by atoms with Gasteiger partial charge in [0.05, 0.1) is 24.4 Å². The fourth-order valence-corrected chi connectivity index (χ4v) is 3.29. The van der Waals surface area contributed by atoms with E-state index in [1.165, 1.54) is 0 Å². The second kappa shape index (κ2) is 8.77. The highest BCUT2D eigenvalue weighted by Crippen LogP contribution is 2.26. The van der Waals surface area contributed by atoms with Crippen molar-refractivity contribution in [3.05, 3.63) is 59.1 Å². The van der Waals surface area contributed by atoms with E-state index in [4.69, 9.17) is 16.3 Å². The first-order chi connectivity index (χ1) is 13.1. The molecule has 7 heteroatoms. The van der Waals surface area contributed by atoms with Gasteiger partial charge in [-0.2, -0.15) is 0 Å². The van der Waals surface area contributed by atoms with Crippen LogP contribution in [-0.4, -0.2) is 56.5 Å². The van der Waals surface area contributed by atoms with Crippen LogP contribution in [0.5, 0.6) is 5.75 Å². The van der Waals surface area contributed by atoms with E-state index >= 15 is 0 Å². The first kappa shape index (κ1) is 19.0. The SMILES string of the molecule is COc1cccc(C(=O)NCC(=O)N2CCN(c3ccccc3Cl)CC2)c1. The largest absolute Gasteiger partial charge is 0.497 e. The van der Waals surface area contributed by atoms with E-state index < -0.39 is 0 Å². The number of nitrogens with zero attached hydrogens (tertiary/aromatic N) is 2. The van der Waals surface area contributed by atoms with Crippen LogP contribution in [0.4, 0.5) is 5.69 Å². The number of rotatable bonds is 5. The molecule has 0 aliphatic carbocycles. The van der Waals surface area contributed by atoms with Gasteiger partial charge >= 0.3 is 0 Å². The Bertz CT molecular complexity index is 820. The molecule has 2 amide bonds. The number of halogens is 1. The van der Waals surface area contributed by atoms with Gasteiger partial charge < -0.3 is 19.9 Å². The number of para-hydroxylation sites is 1. The summed E-state index contributed by atoms with van der Waals surface area (Å²) in [4.78, 5) is 28.6. The Balaban J connectivity index is 1.49. The molecule has 0 unspecified atom stereocenters. The molecule has 1 saturated heterocycles. The van der Waals surface area contributed by atoms with Gasteiger partial charge in [0.2, 0.25) is 5.91 Å². The van der Waals surface area contributed by atoms with Gasteiger partial charge in [0.1, 0.15) is 5.75 Å². The van der Waals surface area contributed by atoms with Crippen LogP contribution in [0.15, 0.2) is 48.5 Å². The van der Waals surface area contributed by atoms with Crippen molar-refractivity contribution in [1.29, 1.82) is 0 Å². The highest BCUT2D eigenvalue weighted by atomic mass is 35.5. The van der Waals surface area contributed by atoms with E-state index in [-0.39, 0.29) is 18.4 Å². The minimum atomic E-state index is -0.294. The Hall–Kier alpha value is -2.73. The first-order valence-electron chi connectivity index (χ1n) is 8.78. The quantitative estimate of drug-likeness (QED) is 0.856. The zero-order valence-corrected chi connectivity index (χ0v) is 15.9. The van der Waals surface area contributed by atoms with Crippen LogP contribution in [0.3, 0.4) is 0 Å². The van der Waals surface area contributed by atoms with Crippen molar-refractivity contribution in [3.8, 4) is 5.75 Å². The molecule has 2 aromatic carbocycles. The summed E-state index contributed by atoms with van der Waals surface area (Å²) in [6, 6.07) is 14.5. The summed E-state index contributed by atoms with van der Waals surface area (Å²) in [6.07, 6.45) is 0. The molecule has 0 aromatic heterocycles. The van der Waals surface area contributed by atoms with E-state index in [2.05, 4.69) is 10.2 Å². The summed E-state index contributed by atoms with van der Waals surface area (Å²) in [5.74, 6) is 0.215. The van der Waals surface area contributed by atoms with Crippen LogP contribution >= 0.6 is 11.6 Å². The highest BCUT2D eigenvalue weighted by molar-refractivity contribution is 6.33. The lowest BCUT2D eigenvalue weighted by atomic mass is 10.2. The molecule has 0 bridgehead atoms. The molecule has 1 aliphatic heterocycles. The Morgan fingerprint density at radius 2 is 1.81 bits per heavy atom. The topological polar surface area (TPSA) is 61.9 Å². The van der Waals surface area contributed by atoms with Crippen molar-refractivity contribution in [2.75, 3.05) is 44.7 Å². The summed E-state index contributed by atoms with van der Waals surface area (Å²) >= 11 is 6.24. The Morgan fingerprint density at radius 3 is 2.52 bits per heavy atom. The first-order valence-corrected chi connectivity index (χ1v) is 9.16. The van der Waals surface area contributed by atoms with Gasteiger partial charge in [0.25, 0.3) is 5.91 Å². The summed E-state index contributed by atoms with van der Waals surface area (Å²) in [5, 5.41) is 3.39. The van der Waals surface area contributed by atoms with Crippen molar-refractivity contribution in [2.45, 2.75) is 0 Å². The number of nitrogens with one attached hydrogen (secondary N) is 1. The summed E-state index contributed by atoms with van der Waals surface area (Å²) in [7, 11) is 1.54. The van der Waals surface area contributed by atoms with Crippen molar-refractivity contribution in [3.63, 3.8) is 0 Å². The molecular weight excluding hydrogens is 366 g/mol. The van der Waals surface area contributed by atoms with Crippen molar-refractivity contribution in [2.24, 2.45) is 0 Å². The zero-order valence-electron chi connectivity index (χ0n) is 15.2. The zero-order chi connectivity index (χ0) is 19.2. The van der Waals surface area contributed by atoms with Crippen LogP contribution < -0.4 is 15.0 Å². The standard InChI is InChI=1S/C20H22ClN3O3/c1-27-16-6-4-5-15(13-16)20(26)22-14-19(25)24-11-9-23(10-12-24)18-8-3-2-7-17(18)21/h2-8,13H,9-12,14H2,1H3,(H,22,26). The average Bonchev–Trinajstić information content (AvgIpc) is 2.72. The van der Waals surface area contributed by atoms with E-state index in [0.29, 0.717) is 42.5 Å². The third kappa shape index (κ3) is 4.71. The van der Waals surface area contributed by atoms with Crippen molar-refractivity contribution in [1.82, 2.24) is 10.2 Å². The molecule has 27 heavy (non-hydrogen) atoms. The Morgan fingerprint density at radius 1 is 1.07 bits per heavy atom. The van der Waals surface area contributed by atoms with E-state index in [9.17, 15) is 9.59 Å². The molecule has 1 fully saturated rings. The normalized spacial score (nSPS) is 14.0. The number of carbonyl (C=O) groups excluding carboxylic acids is 2. The number of amides is 2. The second-order valence-electron chi connectivity index (χ2n) is 6.23. The number of hydrogen-bond donors (Lipinski definition) is 1. The highest BCUT2D eigenvalue weighted by Gasteiger charge is 2.22. The monoisotopic (exact) mass is 387 g/mol. The average molecular weight is 388 g/mol. The van der Waals surface area contributed by atoms with Crippen LogP contribution in [0, 0.1) is 0 Å². The lowest BCUT2D eigenvalue weighted by Crippen LogP contribution is -2.51. The second-order valence-corrected chi connectivity index (χ2v) is 6.64. The molecule has 3 rings (SSSR count). The number of hydrogen-bond acceptors (Lipinski definition) is 4. The molecule has 0 saturated carbocycles. The van der Waals surface area contributed by atoms with Gasteiger partial charge in [-0.1, -0.05) is 29.8 Å². The van der Waals surface area contributed by atoms with Crippen LogP contribution in [-0.2, 0) is 4.79 Å². The van der Waals surface area contributed by atoms with E-state index in [1.807, 2.05) is 24.3 Å². The van der Waals surface area contributed by atoms with Gasteiger partial charge in [-0.25, -0.2) is 0 Å². The molecule has 2 aromatic rings. The number of benzene rings is 2.